The third-order valence-electron chi connectivity index (χ3n) is 6.32. The summed E-state index contributed by atoms with van der Waals surface area (Å²) >= 11 is 3.08. The van der Waals surface area contributed by atoms with Crippen LogP contribution in [0.2, 0.25) is 0 Å². The zero-order chi connectivity index (χ0) is 19.8. The number of para-hydroxylation sites is 1. The third-order valence-corrected chi connectivity index (χ3v) is 8.28. The van der Waals surface area contributed by atoms with E-state index in [-0.39, 0.29) is 11.9 Å². The van der Waals surface area contributed by atoms with Crippen LogP contribution >= 0.6 is 23.1 Å². The summed E-state index contributed by atoms with van der Waals surface area (Å²) < 4.78 is 0.883. The van der Waals surface area contributed by atoms with Gasteiger partial charge in [0.2, 0.25) is 5.91 Å². The molecule has 1 atom stereocenters. The van der Waals surface area contributed by atoms with Gasteiger partial charge >= 0.3 is 0 Å². The first-order valence-electron chi connectivity index (χ1n) is 10.5. The van der Waals surface area contributed by atoms with Crippen molar-refractivity contribution >= 4 is 39.9 Å². The normalized spacial score (nSPS) is 20.2. The van der Waals surface area contributed by atoms with Crippen molar-refractivity contribution in [2.24, 2.45) is 5.92 Å². The second-order valence-electron chi connectivity index (χ2n) is 8.12. The summed E-state index contributed by atoms with van der Waals surface area (Å²) in [6, 6.07) is 8.75. The van der Waals surface area contributed by atoms with Gasteiger partial charge in [-0.25, -0.2) is 0 Å². The maximum absolute atomic E-state index is 13.3. The van der Waals surface area contributed by atoms with Gasteiger partial charge < -0.3 is 9.88 Å². The molecule has 2 aliphatic rings. The van der Waals surface area contributed by atoms with Crippen molar-refractivity contribution in [2.45, 2.75) is 55.8 Å². The van der Waals surface area contributed by atoms with Crippen LogP contribution in [0.15, 0.2) is 28.6 Å². The Hall–Kier alpha value is -1.86. The molecular weight excluding hydrogens is 400 g/mol. The van der Waals surface area contributed by atoms with E-state index in [2.05, 4.69) is 44.3 Å². The number of nitrogens with one attached hydrogen (secondary N) is 1. The lowest BCUT2D eigenvalue weighted by atomic mass is 9.79. The molecule has 1 saturated carbocycles. The Bertz CT molecular complexity index is 1020. The number of thioether (sulfide) groups is 1. The molecule has 0 unspecified atom stereocenters. The average molecular weight is 427 g/mol. The molecule has 29 heavy (non-hydrogen) atoms. The maximum atomic E-state index is 13.3. The van der Waals surface area contributed by atoms with Gasteiger partial charge in [-0.2, -0.15) is 0 Å². The van der Waals surface area contributed by atoms with E-state index in [0.29, 0.717) is 11.7 Å². The molecule has 152 valence electrons. The molecule has 1 fully saturated rings. The number of aromatic nitrogens is 3. The molecule has 3 heterocycles. The fraction of sp³-hybridized carbons (Fsp3) is 0.500. The lowest BCUT2D eigenvalue weighted by Crippen LogP contribution is -2.44. The van der Waals surface area contributed by atoms with E-state index in [1.54, 1.807) is 11.3 Å². The third kappa shape index (κ3) is 3.70. The van der Waals surface area contributed by atoms with Crippen LogP contribution in [0.4, 0.5) is 0 Å². The molecule has 0 bridgehead atoms. The molecule has 0 saturated heterocycles. The average Bonchev–Trinajstić information content (AvgIpc) is 3.35. The summed E-state index contributed by atoms with van der Waals surface area (Å²) in [7, 11) is 0. The van der Waals surface area contributed by atoms with Crippen molar-refractivity contribution in [3.8, 4) is 0 Å². The van der Waals surface area contributed by atoms with Crippen LogP contribution in [0.5, 0.6) is 0 Å². The SMILES string of the molecule is Cc1nnc(SCC(=O)N2CCc3c([nH]c4ccccc34)[C@H]2C2CCCCC2)s1. The van der Waals surface area contributed by atoms with Crippen LogP contribution < -0.4 is 0 Å². The van der Waals surface area contributed by atoms with Crippen molar-refractivity contribution in [3.63, 3.8) is 0 Å². The van der Waals surface area contributed by atoms with Crippen LogP contribution in [-0.2, 0) is 11.2 Å². The Balaban J connectivity index is 1.44. The molecular formula is C22H26N4OS2. The summed E-state index contributed by atoms with van der Waals surface area (Å²) in [6.45, 7) is 2.76. The number of H-pyrrole nitrogens is 1. The van der Waals surface area contributed by atoms with Gasteiger partial charge in [-0.1, -0.05) is 60.6 Å². The lowest BCUT2D eigenvalue weighted by Gasteiger charge is -2.41. The Kier molecular flexibility index (Phi) is 5.35. The fourth-order valence-electron chi connectivity index (χ4n) is 5.03. The van der Waals surface area contributed by atoms with Gasteiger partial charge in [-0.15, -0.1) is 10.2 Å². The van der Waals surface area contributed by atoms with Crippen LogP contribution in [-0.4, -0.2) is 38.3 Å². The number of carbonyl (C=O) groups is 1. The second-order valence-corrected chi connectivity index (χ2v) is 10.5. The highest BCUT2D eigenvalue weighted by atomic mass is 32.2. The van der Waals surface area contributed by atoms with E-state index in [0.717, 1.165) is 22.3 Å². The summed E-state index contributed by atoms with van der Waals surface area (Å²) in [5.74, 6) is 1.21. The number of fused-ring (bicyclic) bond motifs is 3. The summed E-state index contributed by atoms with van der Waals surface area (Å²) in [6.07, 6.45) is 7.23. The van der Waals surface area contributed by atoms with Gasteiger partial charge in [0.1, 0.15) is 5.01 Å². The van der Waals surface area contributed by atoms with Crippen molar-refractivity contribution in [1.82, 2.24) is 20.1 Å². The van der Waals surface area contributed by atoms with Crippen LogP contribution in [0, 0.1) is 12.8 Å². The first kappa shape index (κ1) is 19.1. The molecule has 3 aromatic rings. The fourth-order valence-corrected chi connectivity index (χ4v) is 6.73. The van der Waals surface area contributed by atoms with E-state index >= 15 is 0 Å². The molecule has 0 spiro atoms. The number of hydrogen-bond acceptors (Lipinski definition) is 5. The summed E-state index contributed by atoms with van der Waals surface area (Å²) in [5.41, 5.74) is 3.91. The molecule has 2 aromatic heterocycles. The number of hydrogen-bond donors (Lipinski definition) is 1. The summed E-state index contributed by atoms with van der Waals surface area (Å²) in [5, 5.41) is 10.5. The highest BCUT2D eigenvalue weighted by Crippen LogP contribution is 2.44. The maximum Gasteiger partial charge on any atom is 0.233 e. The first-order valence-corrected chi connectivity index (χ1v) is 12.3. The second kappa shape index (κ2) is 8.11. The Morgan fingerprint density at radius 2 is 2.07 bits per heavy atom. The van der Waals surface area contributed by atoms with Crippen LogP contribution in [0.1, 0.15) is 54.4 Å². The minimum Gasteiger partial charge on any atom is -0.356 e. The van der Waals surface area contributed by atoms with Gasteiger partial charge in [-0.05, 0) is 43.7 Å². The van der Waals surface area contributed by atoms with E-state index in [4.69, 9.17) is 0 Å². The molecule has 0 radical (unpaired) electrons. The topological polar surface area (TPSA) is 61.9 Å². The van der Waals surface area contributed by atoms with Crippen molar-refractivity contribution in [1.29, 1.82) is 0 Å². The Morgan fingerprint density at radius 1 is 1.24 bits per heavy atom. The molecule has 7 heteroatoms. The number of amides is 1. The highest BCUT2D eigenvalue weighted by molar-refractivity contribution is 8.01. The smallest absolute Gasteiger partial charge is 0.233 e. The predicted molar refractivity (Wildman–Crippen MR) is 118 cm³/mol. The Labute approximate surface area is 179 Å². The van der Waals surface area contributed by atoms with Gasteiger partial charge in [0.15, 0.2) is 4.34 Å². The zero-order valence-electron chi connectivity index (χ0n) is 16.7. The molecule has 1 aliphatic carbocycles. The summed E-state index contributed by atoms with van der Waals surface area (Å²) in [4.78, 5) is 19.2. The van der Waals surface area contributed by atoms with E-state index in [1.807, 2.05) is 6.92 Å². The van der Waals surface area contributed by atoms with E-state index in [1.165, 1.54) is 66.0 Å². The highest BCUT2D eigenvalue weighted by Gasteiger charge is 2.38. The monoisotopic (exact) mass is 426 g/mol. The number of aryl methyl sites for hydroxylation is 1. The van der Waals surface area contributed by atoms with Gasteiger partial charge in [0.25, 0.3) is 0 Å². The number of rotatable bonds is 4. The van der Waals surface area contributed by atoms with E-state index < -0.39 is 0 Å². The van der Waals surface area contributed by atoms with Crippen molar-refractivity contribution in [3.05, 3.63) is 40.5 Å². The molecule has 1 N–H and O–H groups in total. The zero-order valence-corrected chi connectivity index (χ0v) is 18.3. The number of carbonyl (C=O) groups excluding carboxylic acids is 1. The molecule has 5 nitrogen and oxygen atoms in total. The molecule has 1 aliphatic heterocycles. The largest absolute Gasteiger partial charge is 0.356 e. The van der Waals surface area contributed by atoms with Gasteiger partial charge in [0.05, 0.1) is 11.8 Å². The number of benzene rings is 1. The van der Waals surface area contributed by atoms with Gasteiger partial charge in [-0.3, -0.25) is 4.79 Å². The quantitative estimate of drug-likeness (QED) is 0.588. The predicted octanol–water partition coefficient (Wildman–Crippen LogP) is 5.13. The Morgan fingerprint density at radius 3 is 2.86 bits per heavy atom. The number of nitrogens with zero attached hydrogens (tertiary/aromatic N) is 3. The molecule has 1 aromatic carbocycles. The van der Waals surface area contributed by atoms with E-state index in [9.17, 15) is 4.79 Å². The van der Waals surface area contributed by atoms with Crippen molar-refractivity contribution in [2.75, 3.05) is 12.3 Å². The van der Waals surface area contributed by atoms with Crippen LogP contribution in [0.3, 0.4) is 0 Å². The first-order chi connectivity index (χ1) is 14.2. The molecule has 1 amide bonds. The van der Waals surface area contributed by atoms with Crippen LogP contribution in [0.25, 0.3) is 10.9 Å². The minimum atomic E-state index is 0.177. The van der Waals surface area contributed by atoms with Crippen molar-refractivity contribution < 1.29 is 4.79 Å². The standard InChI is InChI=1S/C22H26N4OS2/c1-14-24-25-22(29-14)28-13-19(27)26-12-11-17-16-9-5-6-10-18(16)23-20(17)21(26)15-7-3-2-4-8-15/h5-6,9-10,15,21,23H,2-4,7-8,11-13H2,1H3/t21-/m1/s1. The lowest BCUT2D eigenvalue weighted by molar-refractivity contribution is -0.133. The molecule has 5 rings (SSSR count). The minimum absolute atomic E-state index is 0.177. The number of aromatic amines is 1. The van der Waals surface area contributed by atoms with Gasteiger partial charge in [0, 0.05) is 23.1 Å².